The molecule has 1 aliphatic carbocycles. The van der Waals surface area contributed by atoms with E-state index in [1.165, 1.54) is 72.0 Å². The maximum Gasteiger partial charge on any atom is 0.0462 e. The van der Waals surface area contributed by atoms with E-state index in [1.807, 2.05) is 0 Å². The Hall–Kier alpha value is -6.96. The van der Waals surface area contributed by atoms with Crippen LogP contribution in [0, 0.1) is 0 Å². The monoisotopic (exact) mass is 715 g/mol. The van der Waals surface area contributed by atoms with Gasteiger partial charge in [0, 0.05) is 22.5 Å². The SMILES string of the molecule is CCC1(c2cccc(-c3ccc(N(c4ccc(-c5ccccc5)cc4)c4ccc(-c5cccc6ccccc56)cc4)cc3)c2)c2ccccc2-c2ccccc21. The summed E-state index contributed by atoms with van der Waals surface area (Å²) in [7, 11) is 0. The van der Waals surface area contributed by atoms with Gasteiger partial charge in [0.2, 0.25) is 0 Å². The molecule has 0 spiro atoms. The van der Waals surface area contributed by atoms with Crippen LogP contribution >= 0.6 is 0 Å². The lowest BCUT2D eigenvalue weighted by Gasteiger charge is -2.32. The Bertz CT molecular complexity index is 2760. The highest BCUT2D eigenvalue weighted by atomic mass is 15.1. The number of hydrogen-bond acceptors (Lipinski definition) is 1. The van der Waals surface area contributed by atoms with Gasteiger partial charge in [0.1, 0.15) is 0 Å². The highest BCUT2D eigenvalue weighted by Crippen LogP contribution is 2.54. The van der Waals surface area contributed by atoms with Crippen molar-refractivity contribution in [2.45, 2.75) is 18.8 Å². The van der Waals surface area contributed by atoms with Gasteiger partial charge in [0.15, 0.2) is 0 Å². The molecule has 0 radical (unpaired) electrons. The summed E-state index contributed by atoms with van der Waals surface area (Å²) in [6, 6.07) is 80.0. The van der Waals surface area contributed by atoms with Crippen LogP contribution in [0.1, 0.15) is 30.0 Å². The van der Waals surface area contributed by atoms with E-state index < -0.39 is 0 Å². The normalized spacial score (nSPS) is 12.6. The van der Waals surface area contributed by atoms with Crippen LogP contribution in [-0.2, 0) is 5.41 Å². The average Bonchev–Trinajstić information content (AvgIpc) is 3.58. The Morgan fingerprint density at radius 3 is 1.43 bits per heavy atom. The van der Waals surface area contributed by atoms with Gasteiger partial charge in [-0.25, -0.2) is 0 Å². The summed E-state index contributed by atoms with van der Waals surface area (Å²) in [5.41, 5.74) is 17.3. The molecule has 1 heteroatoms. The maximum atomic E-state index is 2.42. The highest BCUT2D eigenvalue weighted by molar-refractivity contribution is 5.97. The molecule has 266 valence electrons. The summed E-state index contributed by atoms with van der Waals surface area (Å²) >= 11 is 0. The third-order valence-electron chi connectivity index (χ3n) is 11.9. The summed E-state index contributed by atoms with van der Waals surface area (Å²) < 4.78 is 0. The van der Waals surface area contributed by atoms with Crippen molar-refractivity contribution in [1.29, 1.82) is 0 Å². The van der Waals surface area contributed by atoms with Crippen molar-refractivity contribution in [2.75, 3.05) is 4.90 Å². The van der Waals surface area contributed by atoms with E-state index in [0.717, 1.165) is 23.5 Å². The van der Waals surface area contributed by atoms with Crippen molar-refractivity contribution in [3.8, 4) is 44.5 Å². The van der Waals surface area contributed by atoms with E-state index in [1.54, 1.807) is 0 Å². The minimum Gasteiger partial charge on any atom is -0.311 e. The fourth-order valence-corrected chi connectivity index (χ4v) is 9.14. The molecule has 10 rings (SSSR count). The zero-order chi connectivity index (χ0) is 37.5. The van der Waals surface area contributed by atoms with Gasteiger partial charge in [0.25, 0.3) is 0 Å². The van der Waals surface area contributed by atoms with Gasteiger partial charge < -0.3 is 4.90 Å². The lowest BCUT2D eigenvalue weighted by Crippen LogP contribution is -2.25. The van der Waals surface area contributed by atoms with Crippen LogP contribution < -0.4 is 4.90 Å². The molecule has 0 fully saturated rings. The molecule has 0 aliphatic heterocycles. The van der Waals surface area contributed by atoms with Crippen molar-refractivity contribution in [1.82, 2.24) is 0 Å². The van der Waals surface area contributed by atoms with Crippen LogP contribution in [0.3, 0.4) is 0 Å². The zero-order valence-corrected chi connectivity index (χ0v) is 31.4. The molecule has 0 unspecified atom stereocenters. The van der Waals surface area contributed by atoms with Crippen LogP contribution in [0.5, 0.6) is 0 Å². The van der Waals surface area contributed by atoms with Gasteiger partial charge in [0.05, 0.1) is 0 Å². The largest absolute Gasteiger partial charge is 0.311 e. The molecule has 9 aromatic carbocycles. The van der Waals surface area contributed by atoms with E-state index in [2.05, 4.69) is 230 Å². The number of benzene rings is 9. The molecule has 0 saturated carbocycles. The second kappa shape index (κ2) is 14.0. The molecule has 0 heterocycles. The Morgan fingerprint density at radius 1 is 0.357 bits per heavy atom. The minimum atomic E-state index is -0.190. The second-order valence-electron chi connectivity index (χ2n) is 14.8. The molecule has 56 heavy (non-hydrogen) atoms. The number of nitrogens with zero attached hydrogens (tertiary/aromatic N) is 1. The van der Waals surface area contributed by atoms with Crippen molar-refractivity contribution in [2.24, 2.45) is 0 Å². The standard InChI is InChI=1S/C55H41N/c1-2-55(53-24-10-8-21-51(53)52-22-9-11-25-54(52)55)45-19-12-18-44(38-45)41-28-34-47(35-29-41)56(46-32-26-40(27-33-46)39-14-4-3-5-15-39)48-36-30-43(31-37-48)50-23-13-17-42-16-6-7-20-49(42)50/h3-38H,2H2,1H3. The van der Waals surface area contributed by atoms with Gasteiger partial charge in [-0.1, -0.05) is 183 Å². The van der Waals surface area contributed by atoms with Gasteiger partial charge in [-0.3, -0.25) is 0 Å². The third-order valence-corrected chi connectivity index (χ3v) is 11.9. The predicted molar refractivity (Wildman–Crippen MR) is 237 cm³/mol. The minimum absolute atomic E-state index is 0.190. The Balaban J connectivity index is 1.03. The van der Waals surface area contributed by atoms with Gasteiger partial charge in [-0.15, -0.1) is 0 Å². The smallest absolute Gasteiger partial charge is 0.0462 e. The molecule has 9 aromatic rings. The molecular weight excluding hydrogens is 675 g/mol. The quantitative estimate of drug-likeness (QED) is 0.151. The molecule has 1 aliphatic rings. The number of anilines is 3. The van der Waals surface area contributed by atoms with Crippen molar-refractivity contribution in [3.63, 3.8) is 0 Å². The predicted octanol–water partition coefficient (Wildman–Crippen LogP) is 15.0. The van der Waals surface area contributed by atoms with Gasteiger partial charge in [-0.2, -0.15) is 0 Å². The first-order valence-electron chi connectivity index (χ1n) is 19.7. The molecule has 0 bridgehead atoms. The Labute approximate surface area is 329 Å². The first-order chi connectivity index (χ1) is 27.7. The zero-order valence-electron chi connectivity index (χ0n) is 31.4. The first-order valence-corrected chi connectivity index (χ1v) is 19.7. The average molecular weight is 716 g/mol. The third kappa shape index (κ3) is 5.63. The van der Waals surface area contributed by atoms with E-state index >= 15 is 0 Å². The molecule has 0 aromatic heterocycles. The van der Waals surface area contributed by atoms with E-state index in [9.17, 15) is 0 Å². The Kier molecular flexibility index (Phi) is 8.42. The van der Waals surface area contributed by atoms with E-state index in [4.69, 9.17) is 0 Å². The second-order valence-corrected chi connectivity index (χ2v) is 14.8. The summed E-state index contributed by atoms with van der Waals surface area (Å²) in [6.07, 6.45) is 0.987. The first kappa shape index (κ1) is 33.6. The number of rotatable bonds is 8. The van der Waals surface area contributed by atoms with Crippen LogP contribution in [0.4, 0.5) is 17.1 Å². The van der Waals surface area contributed by atoms with Crippen molar-refractivity contribution < 1.29 is 0 Å². The molecule has 0 atom stereocenters. The van der Waals surface area contributed by atoms with Crippen molar-refractivity contribution in [3.05, 3.63) is 235 Å². The summed E-state index contributed by atoms with van der Waals surface area (Å²) in [5.74, 6) is 0. The van der Waals surface area contributed by atoms with E-state index in [-0.39, 0.29) is 5.41 Å². The Morgan fingerprint density at radius 2 is 0.804 bits per heavy atom. The fourth-order valence-electron chi connectivity index (χ4n) is 9.14. The topological polar surface area (TPSA) is 3.24 Å². The van der Waals surface area contributed by atoms with Crippen LogP contribution in [0.25, 0.3) is 55.3 Å². The summed E-state index contributed by atoms with van der Waals surface area (Å²) in [4.78, 5) is 2.36. The maximum absolute atomic E-state index is 2.42. The van der Waals surface area contributed by atoms with Crippen LogP contribution in [-0.4, -0.2) is 0 Å². The summed E-state index contributed by atoms with van der Waals surface area (Å²) in [5, 5.41) is 2.52. The van der Waals surface area contributed by atoms with E-state index in [0.29, 0.717) is 0 Å². The lowest BCUT2D eigenvalue weighted by atomic mass is 9.70. The number of hydrogen-bond donors (Lipinski definition) is 0. The molecular formula is C55H41N. The fraction of sp³-hybridized carbons (Fsp3) is 0.0545. The van der Waals surface area contributed by atoms with Crippen molar-refractivity contribution >= 4 is 27.8 Å². The molecule has 0 amide bonds. The highest BCUT2D eigenvalue weighted by Gasteiger charge is 2.43. The van der Waals surface area contributed by atoms with Crippen LogP contribution in [0.2, 0.25) is 0 Å². The number of fused-ring (bicyclic) bond motifs is 4. The van der Waals surface area contributed by atoms with Crippen LogP contribution in [0.15, 0.2) is 218 Å². The van der Waals surface area contributed by atoms with Gasteiger partial charge >= 0.3 is 0 Å². The molecule has 1 nitrogen and oxygen atoms in total. The molecule has 0 N–H and O–H groups in total. The summed E-state index contributed by atoms with van der Waals surface area (Å²) in [6.45, 7) is 2.33. The van der Waals surface area contributed by atoms with Gasteiger partial charge in [-0.05, 0) is 121 Å². The molecule has 0 saturated heterocycles. The lowest BCUT2D eigenvalue weighted by molar-refractivity contribution is 0.609.